The number of hydrogen-bond acceptors (Lipinski definition) is 3. The predicted molar refractivity (Wildman–Crippen MR) is 69.4 cm³/mol. The van der Waals surface area contributed by atoms with Crippen LogP contribution >= 0.6 is 27.3 Å². The lowest BCUT2D eigenvalue weighted by Crippen LogP contribution is -2.26. The summed E-state index contributed by atoms with van der Waals surface area (Å²) in [5.74, 6) is 0.0745. The fraction of sp³-hybridized carbons (Fsp3) is 0.545. The Bertz CT molecular complexity index is 352. The summed E-state index contributed by atoms with van der Waals surface area (Å²) in [5.41, 5.74) is 0. The maximum absolute atomic E-state index is 11.7. The van der Waals surface area contributed by atoms with E-state index >= 15 is 0 Å². The van der Waals surface area contributed by atoms with Gasteiger partial charge in [-0.25, -0.2) is 0 Å². The van der Waals surface area contributed by atoms with E-state index in [2.05, 4.69) is 15.9 Å². The van der Waals surface area contributed by atoms with E-state index in [0.717, 1.165) is 9.35 Å². The summed E-state index contributed by atoms with van der Waals surface area (Å²) in [7, 11) is 1.79. The molecule has 0 aliphatic heterocycles. The van der Waals surface area contributed by atoms with Gasteiger partial charge < -0.3 is 10.0 Å². The summed E-state index contributed by atoms with van der Waals surface area (Å²) in [6.07, 6.45) is 0.520. The van der Waals surface area contributed by atoms with Gasteiger partial charge in [-0.15, -0.1) is 11.3 Å². The van der Waals surface area contributed by atoms with E-state index in [0.29, 0.717) is 19.4 Å². The highest BCUT2D eigenvalue weighted by atomic mass is 79.9. The monoisotopic (exact) mass is 305 g/mol. The Morgan fingerprint density at radius 3 is 2.88 bits per heavy atom. The second kappa shape index (κ2) is 6.37. The molecule has 0 saturated carbocycles. The predicted octanol–water partition coefficient (Wildman–Crippen LogP) is 2.63. The highest BCUT2D eigenvalue weighted by molar-refractivity contribution is 9.10. The third-order valence-electron chi connectivity index (χ3n) is 2.22. The van der Waals surface area contributed by atoms with E-state index in [1.165, 1.54) is 0 Å². The van der Waals surface area contributed by atoms with Crippen molar-refractivity contribution < 1.29 is 9.90 Å². The van der Waals surface area contributed by atoms with E-state index in [9.17, 15) is 4.79 Å². The molecule has 0 spiro atoms. The van der Waals surface area contributed by atoms with Crippen molar-refractivity contribution in [2.45, 2.75) is 32.4 Å². The second-order valence-electron chi connectivity index (χ2n) is 3.87. The topological polar surface area (TPSA) is 40.5 Å². The van der Waals surface area contributed by atoms with Crippen LogP contribution in [0.5, 0.6) is 0 Å². The highest BCUT2D eigenvalue weighted by Gasteiger charge is 2.11. The fourth-order valence-electron chi connectivity index (χ4n) is 1.28. The Morgan fingerprint density at radius 2 is 2.38 bits per heavy atom. The van der Waals surface area contributed by atoms with E-state index in [4.69, 9.17) is 5.11 Å². The van der Waals surface area contributed by atoms with Crippen molar-refractivity contribution >= 4 is 33.2 Å². The minimum Gasteiger partial charge on any atom is -0.393 e. The Hall–Kier alpha value is -0.390. The number of hydrogen-bond donors (Lipinski definition) is 1. The van der Waals surface area contributed by atoms with E-state index in [-0.39, 0.29) is 5.91 Å². The molecule has 5 heteroatoms. The Labute approximate surface area is 108 Å². The van der Waals surface area contributed by atoms with E-state index in [1.807, 2.05) is 11.4 Å². The average Bonchev–Trinajstić information content (AvgIpc) is 2.60. The molecule has 0 saturated heterocycles. The molecule has 0 fully saturated rings. The zero-order valence-corrected chi connectivity index (χ0v) is 11.8. The number of aliphatic hydroxyl groups is 1. The van der Waals surface area contributed by atoms with Gasteiger partial charge in [-0.1, -0.05) is 0 Å². The zero-order valence-electron chi connectivity index (χ0n) is 9.44. The number of aliphatic hydroxyl groups excluding tert-OH is 1. The summed E-state index contributed by atoms with van der Waals surface area (Å²) < 4.78 is 1.05. The molecule has 0 radical (unpaired) electrons. The molecule has 0 aliphatic carbocycles. The maximum atomic E-state index is 11.7. The van der Waals surface area contributed by atoms with Crippen molar-refractivity contribution in [1.29, 1.82) is 0 Å². The van der Waals surface area contributed by atoms with Crippen molar-refractivity contribution in [3.8, 4) is 0 Å². The van der Waals surface area contributed by atoms with Crippen molar-refractivity contribution in [2.75, 3.05) is 7.05 Å². The van der Waals surface area contributed by atoms with Crippen LogP contribution < -0.4 is 0 Å². The third kappa shape index (κ3) is 4.63. The summed E-state index contributed by atoms with van der Waals surface area (Å²) in [5, 5.41) is 11.1. The molecule has 90 valence electrons. The normalized spacial score (nSPS) is 12.5. The standard InChI is InChI=1S/C11H16BrNO2S/c1-8(14)3-4-11(15)13(2)6-10-5-9(12)7-16-10/h5,7-8,14H,3-4,6H2,1-2H3. The van der Waals surface area contributed by atoms with Crippen LogP contribution in [0.4, 0.5) is 0 Å². The van der Waals surface area contributed by atoms with Gasteiger partial charge in [0.1, 0.15) is 0 Å². The summed E-state index contributed by atoms with van der Waals surface area (Å²) in [6.45, 7) is 2.33. The fourth-order valence-corrected chi connectivity index (χ4v) is 2.79. The number of thiophene rings is 1. The SMILES string of the molecule is CC(O)CCC(=O)N(C)Cc1cc(Br)cs1. The molecule has 1 N–H and O–H groups in total. The number of halogens is 1. The second-order valence-corrected chi connectivity index (χ2v) is 5.78. The first-order chi connectivity index (χ1) is 7.49. The molecule has 1 rings (SSSR count). The van der Waals surface area contributed by atoms with Crippen LogP contribution in [0.1, 0.15) is 24.6 Å². The molecule has 0 aliphatic rings. The van der Waals surface area contributed by atoms with Gasteiger partial charge in [0.2, 0.25) is 5.91 Å². The number of rotatable bonds is 5. The molecule has 1 aromatic heterocycles. The highest BCUT2D eigenvalue weighted by Crippen LogP contribution is 2.21. The molecule has 0 bridgehead atoms. The molecule has 1 aromatic rings. The summed E-state index contributed by atoms with van der Waals surface area (Å²) in [6, 6.07) is 2.02. The van der Waals surface area contributed by atoms with Crippen LogP contribution in [0.3, 0.4) is 0 Å². The quantitative estimate of drug-likeness (QED) is 0.908. The first-order valence-corrected chi connectivity index (χ1v) is 6.81. The molecule has 0 aromatic carbocycles. The first-order valence-electron chi connectivity index (χ1n) is 5.14. The van der Waals surface area contributed by atoms with Gasteiger partial charge in [0.15, 0.2) is 0 Å². The lowest BCUT2D eigenvalue weighted by Gasteiger charge is -2.16. The third-order valence-corrected chi connectivity index (χ3v) is 3.90. The molecule has 1 unspecified atom stereocenters. The van der Waals surface area contributed by atoms with Gasteiger partial charge >= 0.3 is 0 Å². The lowest BCUT2D eigenvalue weighted by atomic mass is 10.2. The minimum atomic E-state index is -0.409. The number of carbonyl (C=O) groups is 1. The first kappa shape index (κ1) is 13.7. The van der Waals surface area contributed by atoms with Crippen molar-refractivity contribution in [3.05, 3.63) is 20.8 Å². The van der Waals surface area contributed by atoms with Crippen LogP contribution in [-0.4, -0.2) is 29.1 Å². The summed E-state index contributed by atoms with van der Waals surface area (Å²) >= 11 is 5.01. The molecular weight excluding hydrogens is 290 g/mol. The molecular formula is C11H16BrNO2S. The van der Waals surface area contributed by atoms with Crippen LogP contribution in [0.2, 0.25) is 0 Å². The van der Waals surface area contributed by atoms with Gasteiger partial charge in [0, 0.05) is 28.2 Å². The van der Waals surface area contributed by atoms with Crippen molar-refractivity contribution in [2.24, 2.45) is 0 Å². The zero-order chi connectivity index (χ0) is 12.1. The molecule has 1 atom stereocenters. The van der Waals surface area contributed by atoms with Crippen LogP contribution in [0.25, 0.3) is 0 Å². The number of carbonyl (C=O) groups excluding carboxylic acids is 1. The van der Waals surface area contributed by atoms with Crippen LogP contribution in [0, 0.1) is 0 Å². The minimum absolute atomic E-state index is 0.0745. The summed E-state index contributed by atoms with van der Waals surface area (Å²) in [4.78, 5) is 14.5. The van der Waals surface area contributed by atoms with E-state index in [1.54, 1.807) is 30.2 Å². The lowest BCUT2D eigenvalue weighted by molar-refractivity contribution is -0.130. The van der Waals surface area contributed by atoms with Gasteiger partial charge in [-0.3, -0.25) is 4.79 Å². The van der Waals surface area contributed by atoms with Crippen molar-refractivity contribution in [1.82, 2.24) is 4.90 Å². The largest absolute Gasteiger partial charge is 0.393 e. The maximum Gasteiger partial charge on any atom is 0.222 e. The Balaban J connectivity index is 2.39. The Morgan fingerprint density at radius 1 is 1.69 bits per heavy atom. The Kier molecular flexibility index (Phi) is 5.44. The number of amides is 1. The van der Waals surface area contributed by atoms with Gasteiger partial charge in [-0.05, 0) is 35.3 Å². The van der Waals surface area contributed by atoms with Gasteiger partial charge in [-0.2, -0.15) is 0 Å². The van der Waals surface area contributed by atoms with Crippen molar-refractivity contribution in [3.63, 3.8) is 0 Å². The smallest absolute Gasteiger partial charge is 0.222 e. The molecule has 3 nitrogen and oxygen atoms in total. The molecule has 1 amide bonds. The van der Waals surface area contributed by atoms with Gasteiger partial charge in [0.05, 0.1) is 12.6 Å². The van der Waals surface area contributed by atoms with Crippen LogP contribution in [-0.2, 0) is 11.3 Å². The van der Waals surface area contributed by atoms with Gasteiger partial charge in [0.25, 0.3) is 0 Å². The van der Waals surface area contributed by atoms with E-state index < -0.39 is 6.10 Å². The molecule has 16 heavy (non-hydrogen) atoms. The average molecular weight is 306 g/mol. The number of nitrogens with zero attached hydrogens (tertiary/aromatic N) is 1. The molecule has 1 heterocycles. The van der Waals surface area contributed by atoms with Crippen LogP contribution in [0.15, 0.2) is 15.9 Å².